The van der Waals surface area contributed by atoms with Gasteiger partial charge in [0.1, 0.15) is 11.2 Å². The minimum absolute atomic E-state index is 0.473. The van der Waals surface area contributed by atoms with Crippen LogP contribution in [0.1, 0.15) is 22.3 Å². The number of nitrogens with zero attached hydrogens (tertiary/aromatic N) is 2. The predicted molar refractivity (Wildman–Crippen MR) is 291 cm³/mol. The molecule has 0 saturated carbocycles. The summed E-state index contributed by atoms with van der Waals surface area (Å²) >= 11 is 0. The van der Waals surface area contributed by atoms with Crippen LogP contribution in [0.15, 0.2) is 271 Å². The minimum atomic E-state index is -0.473. The largest absolute Gasteiger partial charge is 0.456 e. The molecule has 0 bridgehead atoms. The quantitative estimate of drug-likeness (QED) is 0.152. The fourth-order valence-corrected chi connectivity index (χ4v) is 11.5. The number of anilines is 3. The van der Waals surface area contributed by atoms with Crippen molar-refractivity contribution >= 4 is 60.8 Å². The van der Waals surface area contributed by atoms with Gasteiger partial charge in [0, 0.05) is 44.3 Å². The highest BCUT2D eigenvalue weighted by atomic mass is 16.3. The van der Waals surface area contributed by atoms with Crippen molar-refractivity contribution in [1.29, 1.82) is 0 Å². The second-order valence-electron chi connectivity index (χ2n) is 18.4. The Morgan fingerprint density at radius 2 is 0.786 bits per heavy atom. The zero-order chi connectivity index (χ0) is 46.2. The summed E-state index contributed by atoms with van der Waals surface area (Å²) in [5.41, 5.74) is 20.4. The normalized spacial score (nSPS) is 12.7. The van der Waals surface area contributed by atoms with Gasteiger partial charge in [0.25, 0.3) is 0 Å². The molecule has 2 aromatic heterocycles. The van der Waals surface area contributed by atoms with Gasteiger partial charge in [-0.15, -0.1) is 0 Å². The molecule has 0 fully saturated rings. The monoisotopic (exact) mass is 892 g/mol. The van der Waals surface area contributed by atoms with Crippen molar-refractivity contribution in [3.8, 4) is 39.1 Å². The van der Waals surface area contributed by atoms with Gasteiger partial charge in [0.05, 0.1) is 16.4 Å². The van der Waals surface area contributed by atoms with E-state index in [0.717, 1.165) is 61.4 Å². The van der Waals surface area contributed by atoms with Gasteiger partial charge in [0.15, 0.2) is 0 Å². The van der Waals surface area contributed by atoms with Crippen LogP contribution in [-0.4, -0.2) is 4.57 Å². The number of benzene rings is 11. The van der Waals surface area contributed by atoms with Gasteiger partial charge in [0.2, 0.25) is 0 Å². The molecule has 11 aromatic carbocycles. The zero-order valence-electron chi connectivity index (χ0n) is 38.2. The van der Waals surface area contributed by atoms with Crippen LogP contribution in [0.3, 0.4) is 0 Å². The Hall–Kier alpha value is -9.18. The number of fused-ring (bicyclic) bond motifs is 9. The lowest BCUT2D eigenvalue weighted by molar-refractivity contribution is 0.669. The molecular formula is C67H44N2O. The Kier molecular flexibility index (Phi) is 9.11. The maximum absolute atomic E-state index is 6.19. The zero-order valence-corrected chi connectivity index (χ0v) is 38.2. The Bertz CT molecular complexity index is 4000. The molecule has 1 aliphatic carbocycles. The number of furan rings is 1. The summed E-state index contributed by atoms with van der Waals surface area (Å²) in [4.78, 5) is 2.40. The molecule has 1 aliphatic rings. The lowest BCUT2D eigenvalue weighted by atomic mass is 9.68. The topological polar surface area (TPSA) is 21.3 Å². The van der Waals surface area contributed by atoms with Gasteiger partial charge in [-0.25, -0.2) is 0 Å². The van der Waals surface area contributed by atoms with Crippen LogP contribution in [0.5, 0.6) is 0 Å². The molecule has 3 heteroatoms. The first-order valence-corrected chi connectivity index (χ1v) is 24.1. The molecule has 0 unspecified atom stereocenters. The molecule has 13 aromatic rings. The van der Waals surface area contributed by atoms with E-state index in [1.165, 1.54) is 60.8 Å². The van der Waals surface area contributed by atoms with E-state index in [-0.39, 0.29) is 0 Å². The fraction of sp³-hybridized carbons (Fsp3) is 0.0149. The molecular weight excluding hydrogens is 849 g/mol. The van der Waals surface area contributed by atoms with E-state index in [4.69, 9.17) is 4.42 Å². The molecule has 0 aliphatic heterocycles. The summed E-state index contributed by atoms with van der Waals surface area (Å²) in [7, 11) is 0. The van der Waals surface area contributed by atoms with Crippen LogP contribution < -0.4 is 4.90 Å². The molecule has 0 spiro atoms. The van der Waals surface area contributed by atoms with Gasteiger partial charge in [-0.2, -0.15) is 0 Å². The lowest BCUT2D eigenvalue weighted by Crippen LogP contribution is -2.28. The molecule has 2 heterocycles. The standard InChI is InChI=1S/C67H44N2O/c1-3-15-49(16-4-1)67(50-17-5-2-6-18-50)61-23-11-7-19-55(61)59-44-54(40-41-62(59)67)68(52-36-31-47(32-37-52)48-33-42-66-60(43-48)58-22-10-14-26-65(58)70-66)51-34-27-45(28-35-51)46-29-38-53(39-30-46)69-63-24-12-8-20-56(63)57-21-9-13-25-64(57)69/h1-44H. The van der Waals surface area contributed by atoms with E-state index < -0.39 is 5.41 Å². The van der Waals surface area contributed by atoms with Crippen LogP contribution in [-0.2, 0) is 5.41 Å². The first kappa shape index (κ1) is 39.9. The Balaban J connectivity index is 0.883. The molecule has 0 radical (unpaired) electrons. The van der Waals surface area contributed by atoms with Gasteiger partial charge < -0.3 is 13.9 Å². The third kappa shape index (κ3) is 6.15. The maximum Gasteiger partial charge on any atom is 0.135 e. The summed E-state index contributed by atoms with van der Waals surface area (Å²) in [6.07, 6.45) is 0. The molecule has 3 nitrogen and oxygen atoms in total. The van der Waals surface area contributed by atoms with Crippen molar-refractivity contribution < 1.29 is 4.42 Å². The molecule has 0 amide bonds. The van der Waals surface area contributed by atoms with E-state index in [0.29, 0.717) is 0 Å². The molecule has 0 atom stereocenters. The van der Waals surface area contributed by atoms with Gasteiger partial charge in [-0.3, -0.25) is 0 Å². The highest BCUT2D eigenvalue weighted by molar-refractivity contribution is 6.09. The highest BCUT2D eigenvalue weighted by Crippen LogP contribution is 2.57. The third-order valence-electron chi connectivity index (χ3n) is 14.7. The maximum atomic E-state index is 6.19. The van der Waals surface area contributed by atoms with Crippen molar-refractivity contribution in [2.24, 2.45) is 0 Å². The summed E-state index contributed by atoms with van der Waals surface area (Å²) in [6.45, 7) is 0. The number of aromatic nitrogens is 1. The van der Waals surface area contributed by atoms with E-state index in [2.05, 4.69) is 264 Å². The first-order chi connectivity index (χ1) is 34.7. The van der Waals surface area contributed by atoms with Gasteiger partial charge >= 0.3 is 0 Å². The Morgan fingerprint density at radius 3 is 1.43 bits per heavy atom. The highest BCUT2D eigenvalue weighted by Gasteiger charge is 2.46. The average molecular weight is 893 g/mol. The molecule has 70 heavy (non-hydrogen) atoms. The van der Waals surface area contributed by atoms with E-state index >= 15 is 0 Å². The number of rotatable bonds is 8. The van der Waals surface area contributed by atoms with Crippen molar-refractivity contribution in [3.63, 3.8) is 0 Å². The molecule has 328 valence electrons. The van der Waals surface area contributed by atoms with Gasteiger partial charge in [-0.1, -0.05) is 188 Å². The third-order valence-corrected chi connectivity index (χ3v) is 14.7. The smallest absolute Gasteiger partial charge is 0.135 e. The van der Waals surface area contributed by atoms with Gasteiger partial charge in [-0.05, 0) is 134 Å². The molecule has 14 rings (SSSR count). The summed E-state index contributed by atoms with van der Waals surface area (Å²) in [6, 6.07) is 97.3. The Morgan fingerprint density at radius 1 is 0.314 bits per heavy atom. The SMILES string of the molecule is c1ccc(C2(c3ccccc3)c3ccccc3-c3cc(N(c4ccc(-c5ccc(-n6c7ccccc7c7ccccc76)cc5)cc4)c4ccc(-c5ccc6oc7ccccc7c6c5)cc4)ccc32)cc1. The van der Waals surface area contributed by atoms with Crippen LogP contribution in [0.25, 0.3) is 82.8 Å². The lowest BCUT2D eigenvalue weighted by Gasteiger charge is -2.34. The summed E-state index contributed by atoms with van der Waals surface area (Å²) in [5.74, 6) is 0. The average Bonchev–Trinajstić information content (AvgIpc) is 4.08. The van der Waals surface area contributed by atoms with E-state index in [1.54, 1.807) is 0 Å². The van der Waals surface area contributed by atoms with Crippen LogP contribution in [0.2, 0.25) is 0 Å². The fourth-order valence-electron chi connectivity index (χ4n) is 11.5. The predicted octanol–water partition coefficient (Wildman–Crippen LogP) is 17.8. The Labute approximate surface area is 406 Å². The molecule has 0 N–H and O–H groups in total. The minimum Gasteiger partial charge on any atom is -0.456 e. The number of hydrogen-bond donors (Lipinski definition) is 0. The second kappa shape index (κ2) is 16.0. The van der Waals surface area contributed by atoms with Crippen LogP contribution >= 0.6 is 0 Å². The number of para-hydroxylation sites is 3. The molecule has 0 saturated heterocycles. The van der Waals surface area contributed by atoms with Crippen LogP contribution in [0, 0.1) is 0 Å². The van der Waals surface area contributed by atoms with Crippen molar-refractivity contribution in [3.05, 3.63) is 289 Å². The number of hydrogen-bond acceptors (Lipinski definition) is 2. The van der Waals surface area contributed by atoms with Crippen molar-refractivity contribution in [1.82, 2.24) is 4.57 Å². The van der Waals surface area contributed by atoms with Crippen molar-refractivity contribution in [2.45, 2.75) is 5.41 Å². The van der Waals surface area contributed by atoms with Crippen molar-refractivity contribution in [2.75, 3.05) is 4.90 Å². The van der Waals surface area contributed by atoms with E-state index in [1.807, 2.05) is 12.1 Å². The van der Waals surface area contributed by atoms with Crippen LogP contribution in [0.4, 0.5) is 17.1 Å². The first-order valence-electron chi connectivity index (χ1n) is 24.1. The summed E-state index contributed by atoms with van der Waals surface area (Å²) in [5, 5.41) is 4.79. The second-order valence-corrected chi connectivity index (χ2v) is 18.4. The summed E-state index contributed by atoms with van der Waals surface area (Å²) < 4.78 is 8.56. The van der Waals surface area contributed by atoms with E-state index in [9.17, 15) is 0 Å².